The summed E-state index contributed by atoms with van der Waals surface area (Å²) in [5, 5.41) is 9.56. The van der Waals surface area contributed by atoms with Crippen molar-refractivity contribution in [3.63, 3.8) is 0 Å². The zero-order valence-corrected chi connectivity index (χ0v) is 10.8. The molecule has 0 aromatic carbocycles. The minimum Gasteiger partial charge on any atom is -0.390 e. The Morgan fingerprint density at radius 1 is 1.56 bits per heavy atom. The first-order valence-electron chi connectivity index (χ1n) is 5.87. The Bertz CT molecular complexity index is 236. The molecule has 16 heavy (non-hydrogen) atoms. The second-order valence-electron chi connectivity index (χ2n) is 5.20. The third-order valence-electron chi connectivity index (χ3n) is 3.02. The average Bonchev–Trinajstić information content (AvgIpc) is 2.17. The van der Waals surface area contributed by atoms with Gasteiger partial charge in [0, 0.05) is 5.92 Å². The van der Waals surface area contributed by atoms with E-state index in [4.69, 9.17) is 0 Å². The molecule has 0 aromatic heterocycles. The van der Waals surface area contributed by atoms with Gasteiger partial charge in [0.1, 0.15) is 6.29 Å². The van der Waals surface area contributed by atoms with Crippen molar-refractivity contribution in [2.45, 2.75) is 58.0 Å². The van der Waals surface area contributed by atoms with Crippen LogP contribution in [0.4, 0.5) is 0 Å². The Morgan fingerprint density at radius 3 is 2.69 bits per heavy atom. The van der Waals surface area contributed by atoms with Crippen molar-refractivity contribution in [2.24, 2.45) is 5.92 Å². The molecule has 1 aliphatic rings. The molecule has 1 rings (SSSR count). The van der Waals surface area contributed by atoms with E-state index < -0.39 is 5.60 Å². The topological polar surface area (TPSA) is 37.3 Å². The van der Waals surface area contributed by atoms with Crippen LogP contribution in [0.25, 0.3) is 0 Å². The van der Waals surface area contributed by atoms with Crippen LogP contribution in [0.3, 0.4) is 0 Å². The molecule has 0 spiro atoms. The molecule has 1 radical (unpaired) electrons. The zero-order valence-electron chi connectivity index (χ0n) is 10.8. The predicted molar refractivity (Wildman–Crippen MR) is 68.1 cm³/mol. The average molecular weight is 225 g/mol. The van der Waals surface area contributed by atoms with Crippen molar-refractivity contribution in [1.29, 1.82) is 0 Å². The van der Waals surface area contributed by atoms with Crippen LogP contribution in [0.2, 0.25) is 0 Å². The maximum atomic E-state index is 10.5. The molecule has 0 heterocycles. The minimum absolute atomic E-state index is 0. The van der Waals surface area contributed by atoms with Gasteiger partial charge in [-0.05, 0) is 52.4 Å². The lowest BCUT2D eigenvalue weighted by Crippen LogP contribution is -2.18. The van der Waals surface area contributed by atoms with Gasteiger partial charge in [-0.1, -0.05) is 19.1 Å². The molecule has 1 aliphatic carbocycles. The van der Waals surface area contributed by atoms with E-state index in [1.165, 1.54) is 5.57 Å². The monoisotopic (exact) mass is 225 g/mol. The highest BCUT2D eigenvalue weighted by Crippen LogP contribution is 2.26. The maximum Gasteiger partial charge on any atom is 0.123 e. The van der Waals surface area contributed by atoms with E-state index in [1.807, 2.05) is 13.8 Å². The van der Waals surface area contributed by atoms with Crippen LogP contribution in [-0.2, 0) is 4.79 Å². The normalized spacial score (nSPS) is 20.9. The zero-order chi connectivity index (χ0) is 11.3. The van der Waals surface area contributed by atoms with Crippen LogP contribution in [-0.4, -0.2) is 17.0 Å². The third kappa shape index (κ3) is 6.06. The highest BCUT2D eigenvalue weighted by molar-refractivity contribution is 5.54. The standard InChI is InChI=1S/C13H22O2.CH3/c1-13(2,15)9-3-4-11-5-7-12(10-14)8-6-11;/h5,10,12,15H,3-4,6-9H2,1-2H3;1H3. The van der Waals surface area contributed by atoms with E-state index in [0.29, 0.717) is 0 Å². The number of carbonyl (C=O) groups excluding carboxylic acids is 1. The van der Waals surface area contributed by atoms with Gasteiger partial charge in [0.15, 0.2) is 0 Å². The van der Waals surface area contributed by atoms with Crippen LogP contribution in [0, 0.1) is 13.3 Å². The second kappa shape index (κ2) is 6.85. The number of aldehydes is 1. The summed E-state index contributed by atoms with van der Waals surface area (Å²) in [6.07, 6.45) is 9.25. The highest BCUT2D eigenvalue weighted by atomic mass is 16.3. The van der Waals surface area contributed by atoms with Crippen molar-refractivity contribution >= 4 is 6.29 Å². The van der Waals surface area contributed by atoms with Gasteiger partial charge >= 0.3 is 0 Å². The Morgan fingerprint density at radius 2 is 2.25 bits per heavy atom. The molecule has 93 valence electrons. The molecule has 1 N–H and O–H groups in total. The fourth-order valence-corrected chi connectivity index (χ4v) is 2.01. The van der Waals surface area contributed by atoms with Crippen molar-refractivity contribution in [3.05, 3.63) is 19.1 Å². The van der Waals surface area contributed by atoms with Gasteiger partial charge in [0.2, 0.25) is 0 Å². The van der Waals surface area contributed by atoms with E-state index in [-0.39, 0.29) is 13.3 Å². The van der Waals surface area contributed by atoms with Gasteiger partial charge in [0.25, 0.3) is 0 Å². The SMILES string of the molecule is CC(C)(O)CCCC1=CCC(C=O)CC1.[CH3]. The van der Waals surface area contributed by atoms with Gasteiger partial charge in [-0.15, -0.1) is 0 Å². The molecule has 1 atom stereocenters. The van der Waals surface area contributed by atoms with Crippen molar-refractivity contribution in [1.82, 2.24) is 0 Å². The summed E-state index contributed by atoms with van der Waals surface area (Å²) in [6, 6.07) is 0. The van der Waals surface area contributed by atoms with Crippen LogP contribution in [0.1, 0.15) is 52.4 Å². The van der Waals surface area contributed by atoms with E-state index >= 15 is 0 Å². The molecule has 0 amide bonds. The highest BCUT2D eigenvalue weighted by Gasteiger charge is 2.15. The first-order valence-corrected chi connectivity index (χ1v) is 5.87. The molecule has 0 aliphatic heterocycles. The fourth-order valence-electron chi connectivity index (χ4n) is 2.01. The largest absolute Gasteiger partial charge is 0.390 e. The lowest BCUT2D eigenvalue weighted by molar-refractivity contribution is -0.111. The second-order valence-corrected chi connectivity index (χ2v) is 5.20. The minimum atomic E-state index is -0.541. The van der Waals surface area contributed by atoms with Gasteiger partial charge < -0.3 is 9.90 Å². The van der Waals surface area contributed by atoms with Gasteiger partial charge in [-0.3, -0.25) is 0 Å². The summed E-state index contributed by atoms with van der Waals surface area (Å²) in [4.78, 5) is 10.5. The van der Waals surface area contributed by atoms with E-state index in [1.54, 1.807) is 0 Å². The van der Waals surface area contributed by atoms with Crippen molar-refractivity contribution in [2.75, 3.05) is 0 Å². The molecule has 2 nitrogen and oxygen atoms in total. The lowest BCUT2D eigenvalue weighted by atomic mass is 9.87. The molecular weight excluding hydrogens is 200 g/mol. The Hall–Kier alpha value is -0.630. The number of rotatable bonds is 5. The summed E-state index contributed by atoms with van der Waals surface area (Å²) in [7, 11) is 0. The summed E-state index contributed by atoms with van der Waals surface area (Å²) in [6.45, 7) is 3.70. The molecule has 1 unspecified atom stereocenters. The van der Waals surface area contributed by atoms with Crippen molar-refractivity contribution in [3.8, 4) is 0 Å². The van der Waals surface area contributed by atoms with Crippen LogP contribution < -0.4 is 0 Å². The number of carbonyl (C=O) groups is 1. The molecule has 0 bridgehead atoms. The summed E-state index contributed by atoms with van der Waals surface area (Å²) in [5.41, 5.74) is 0.929. The molecule has 0 saturated carbocycles. The van der Waals surface area contributed by atoms with Gasteiger partial charge in [0.05, 0.1) is 5.60 Å². The Balaban J connectivity index is 0.00000225. The maximum absolute atomic E-state index is 10.5. The van der Waals surface area contributed by atoms with Crippen molar-refractivity contribution < 1.29 is 9.90 Å². The number of allylic oxidation sites excluding steroid dienone is 2. The number of hydrogen-bond acceptors (Lipinski definition) is 2. The molecule has 2 heteroatoms. The van der Waals surface area contributed by atoms with Crippen LogP contribution in [0.5, 0.6) is 0 Å². The van der Waals surface area contributed by atoms with Gasteiger partial charge in [-0.2, -0.15) is 0 Å². The van der Waals surface area contributed by atoms with E-state index in [9.17, 15) is 9.90 Å². The molecule has 0 fully saturated rings. The molecular formula is C14H25O2. The summed E-state index contributed by atoms with van der Waals surface area (Å²) < 4.78 is 0. The Labute approximate surface area is 99.7 Å². The number of aliphatic hydroxyl groups is 1. The number of hydrogen-bond donors (Lipinski definition) is 1. The Kier molecular flexibility index (Phi) is 6.58. The molecule has 0 aromatic rings. The van der Waals surface area contributed by atoms with Crippen LogP contribution in [0.15, 0.2) is 11.6 Å². The first kappa shape index (κ1) is 15.4. The third-order valence-corrected chi connectivity index (χ3v) is 3.02. The molecule has 0 saturated heterocycles. The lowest BCUT2D eigenvalue weighted by Gasteiger charge is -2.20. The van der Waals surface area contributed by atoms with E-state index in [2.05, 4.69) is 6.08 Å². The quantitative estimate of drug-likeness (QED) is 0.576. The summed E-state index contributed by atoms with van der Waals surface area (Å²) >= 11 is 0. The predicted octanol–water partition coefficient (Wildman–Crippen LogP) is 3.30. The summed E-state index contributed by atoms with van der Waals surface area (Å²) in [5.74, 6) is 0.253. The smallest absolute Gasteiger partial charge is 0.123 e. The fraction of sp³-hybridized carbons (Fsp3) is 0.714. The first-order chi connectivity index (χ1) is 7.01. The van der Waals surface area contributed by atoms with Crippen LogP contribution >= 0.6 is 0 Å². The van der Waals surface area contributed by atoms with E-state index in [0.717, 1.165) is 44.8 Å². The van der Waals surface area contributed by atoms with Gasteiger partial charge in [-0.25, -0.2) is 0 Å².